The predicted molar refractivity (Wildman–Crippen MR) is 136 cm³/mol. The summed E-state index contributed by atoms with van der Waals surface area (Å²) in [5.74, 6) is 1.03. The van der Waals surface area contributed by atoms with Gasteiger partial charge in [-0.05, 0) is 52.8 Å². The zero-order valence-corrected chi connectivity index (χ0v) is 20.7. The van der Waals surface area contributed by atoms with Crippen LogP contribution in [0.15, 0.2) is 72.9 Å². The van der Waals surface area contributed by atoms with Crippen molar-refractivity contribution in [2.75, 3.05) is 26.7 Å². The van der Waals surface area contributed by atoms with E-state index in [1.54, 1.807) is 7.11 Å². The smallest absolute Gasteiger partial charge is 0.238 e. The maximum atomic E-state index is 13.2. The third-order valence-corrected chi connectivity index (χ3v) is 6.56. The summed E-state index contributed by atoms with van der Waals surface area (Å²) in [5, 5.41) is 0. The highest BCUT2D eigenvalue weighted by Gasteiger charge is 2.38. The molecule has 1 fully saturated rings. The average molecular weight is 458 g/mol. The van der Waals surface area contributed by atoms with Crippen LogP contribution in [0.25, 0.3) is 0 Å². The summed E-state index contributed by atoms with van der Waals surface area (Å²) in [6, 6.07) is 22.9. The van der Waals surface area contributed by atoms with E-state index in [1.165, 1.54) is 11.1 Å². The molecule has 4 rings (SSSR count). The van der Waals surface area contributed by atoms with Crippen LogP contribution >= 0.6 is 0 Å². The molecule has 1 aliphatic heterocycles. The predicted octanol–water partition coefficient (Wildman–Crippen LogP) is 5.02. The number of nitrogens with zero attached hydrogens (tertiary/aromatic N) is 3. The maximum Gasteiger partial charge on any atom is 0.238 e. The van der Waals surface area contributed by atoms with E-state index in [1.807, 2.05) is 41.4 Å². The minimum atomic E-state index is -0.0662. The molecule has 0 saturated carbocycles. The summed E-state index contributed by atoms with van der Waals surface area (Å²) >= 11 is 0. The van der Waals surface area contributed by atoms with Crippen LogP contribution in [-0.2, 0) is 23.1 Å². The van der Waals surface area contributed by atoms with Gasteiger partial charge < -0.3 is 9.64 Å². The molecule has 1 unspecified atom stereocenters. The second kappa shape index (κ2) is 10.4. The number of rotatable bonds is 8. The molecule has 0 aliphatic carbocycles. The molecule has 0 N–H and O–H groups in total. The van der Waals surface area contributed by atoms with Gasteiger partial charge in [0.15, 0.2) is 0 Å². The second-order valence-corrected chi connectivity index (χ2v) is 9.97. The van der Waals surface area contributed by atoms with E-state index >= 15 is 0 Å². The molecule has 0 bridgehead atoms. The van der Waals surface area contributed by atoms with Gasteiger partial charge in [0.1, 0.15) is 11.9 Å². The molecular weight excluding hydrogens is 422 g/mol. The van der Waals surface area contributed by atoms with E-state index in [9.17, 15) is 4.79 Å². The molecule has 1 aliphatic rings. The molecule has 0 radical (unpaired) electrons. The Morgan fingerprint density at radius 1 is 0.941 bits per heavy atom. The Labute approximate surface area is 203 Å². The van der Waals surface area contributed by atoms with E-state index in [4.69, 9.17) is 4.74 Å². The van der Waals surface area contributed by atoms with Gasteiger partial charge in [0, 0.05) is 31.4 Å². The van der Waals surface area contributed by atoms with E-state index in [0.717, 1.165) is 36.4 Å². The van der Waals surface area contributed by atoms with Crippen LogP contribution in [0.4, 0.5) is 0 Å². The van der Waals surface area contributed by atoms with Gasteiger partial charge in [0.05, 0.1) is 13.7 Å². The highest BCUT2D eigenvalue weighted by atomic mass is 16.5. The highest BCUT2D eigenvalue weighted by molar-refractivity contribution is 5.81. The van der Waals surface area contributed by atoms with Crippen LogP contribution in [0.5, 0.6) is 5.75 Å². The van der Waals surface area contributed by atoms with Crippen molar-refractivity contribution in [3.63, 3.8) is 0 Å². The van der Waals surface area contributed by atoms with Crippen molar-refractivity contribution >= 4 is 5.91 Å². The van der Waals surface area contributed by atoms with Gasteiger partial charge in [-0.1, -0.05) is 63.2 Å². The third kappa shape index (κ3) is 5.65. The number of hydrogen-bond acceptors (Lipinski definition) is 4. The summed E-state index contributed by atoms with van der Waals surface area (Å²) < 4.78 is 5.27. The van der Waals surface area contributed by atoms with Crippen molar-refractivity contribution in [3.05, 3.63) is 95.3 Å². The van der Waals surface area contributed by atoms with Gasteiger partial charge in [-0.2, -0.15) is 0 Å². The Hall–Kier alpha value is -3.18. The summed E-state index contributed by atoms with van der Waals surface area (Å²) in [6.45, 7) is 8.57. The van der Waals surface area contributed by atoms with Crippen LogP contribution in [0.3, 0.4) is 0 Å². The van der Waals surface area contributed by atoms with Crippen LogP contribution in [0, 0.1) is 0 Å². The lowest BCUT2D eigenvalue weighted by Crippen LogP contribution is -2.34. The molecule has 2 heterocycles. The zero-order valence-electron chi connectivity index (χ0n) is 20.7. The average Bonchev–Trinajstić information content (AvgIpc) is 3.16. The number of methoxy groups -OCH3 is 1. The van der Waals surface area contributed by atoms with Crippen molar-refractivity contribution in [3.8, 4) is 5.75 Å². The number of ether oxygens (including phenoxy) is 1. The Balaban J connectivity index is 1.55. The molecule has 1 saturated heterocycles. The SMILES string of the molecule is COc1ccc(CCN2C(=O)CN(CCc3ccccn3)C2c2ccc(C(C)(C)C)cc2)cc1. The minimum Gasteiger partial charge on any atom is -0.497 e. The molecule has 1 aromatic heterocycles. The summed E-state index contributed by atoms with van der Waals surface area (Å²) in [4.78, 5) is 22.0. The van der Waals surface area contributed by atoms with Crippen LogP contribution < -0.4 is 4.74 Å². The third-order valence-electron chi connectivity index (χ3n) is 6.56. The monoisotopic (exact) mass is 457 g/mol. The number of carbonyl (C=O) groups is 1. The van der Waals surface area contributed by atoms with Crippen molar-refractivity contribution in [1.29, 1.82) is 0 Å². The molecule has 3 aromatic rings. The molecule has 178 valence electrons. The lowest BCUT2D eigenvalue weighted by Gasteiger charge is -2.31. The largest absolute Gasteiger partial charge is 0.497 e. The second-order valence-electron chi connectivity index (χ2n) is 9.97. The van der Waals surface area contributed by atoms with Crippen molar-refractivity contribution < 1.29 is 9.53 Å². The van der Waals surface area contributed by atoms with Gasteiger partial charge in [-0.3, -0.25) is 14.7 Å². The first-order valence-corrected chi connectivity index (χ1v) is 12.0. The van der Waals surface area contributed by atoms with Gasteiger partial charge in [0.25, 0.3) is 0 Å². The molecule has 1 atom stereocenters. The molecule has 2 aromatic carbocycles. The molecule has 5 nitrogen and oxygen atoms in total. The van der Waals surface area contributed by atoms with E-state index in [0.29, 0.717) is 13.1 Å². The summed E-state index contributed by atoms with van der Waals surface area (Å²) in [7, 11) is 1.67. The van der Waals surface area contributed by atoms with Crippen LogP contribution in [-0.4, -0.2) is 47.4 Å². The van der Waals surface area contributed by atoms with Crippen molar-refractivity contribution in [2.45, 2.75) is 45.2 Å². The lowest BCUT2D eigenvalue weighted by atomic mass is 9.86. The first kappa shape index (κ1) is 24.0. The number of aromatic nitrogens is 1. The van der Waals surface area contributed by atoms with Gasteiger partial charge in [-0.15, -0.1) is 0 Å². The molecule has 1 amide bonds. The molecule has 34 heavy (non-hydrogen) atoms. The highest BCUT2D eigenvalue weighted by Crippen LogP contribution is 2.33. The Bertz CT molecular complexity index is 1070. The molecule has 5 heteroatoms. The van der Waals surface area contributed by atoms with Crippen molar-refractivity contribution in [1.82, 2.24) is 14.8 Å². The first-order chi connectivity index (χ1) is 16.3. The quantitative estimate of drug-likeness (QED) is 0.477. The van der Waals surface area contributed by atoms with E-state index in [2.05, 4.69) is 67.1 Å². The summed E-state index contributed by atoms with van der Waals surface area (Å²) in [5.41, 5.74) is 4.80. The standard InChI is InChI=1S/C29H35N3O2/c1-29(2,3)24-12-10-23(11-13-24)28-31(19-17-25-7-5-6-18-30-25)21-27(33)32(28)20-16-22-8-14-26(34-4)15-9-22/h5-15,18,28H,16-17,19-21H2,1-4H3. The Kier molecular flexibility index (Phi) is 7.32. The topological polar surface area (TPSA) is 45.7 Å². The zero-order chi connectivity index (χ0) is 24.1. The summed E-state index contributed by atoms with van der Waals surface area (Å²) in [6.07, 6.45) is 3.38. The number of amides is 1. The lowest BCUT2D eigenvalue weighted by molar-refractivity contribution is -0.128. The number of pyridine rings is 1. The molecular formula is C29H35N3O2. The van der Waals surface area contributed by atoms with Crippen molar-refractivity contribution in [2.24, 2.45) is 0 Å². The minimum absolute atomic E-state index is 0.0662. The van der Waals surface area contributed by atoms with Crippen LogP contribution in [0.2, 0.25) is 0 Å². The normalized spacial score (nSPS) is 16.8. The first-order valence-electron chi connectivity index (χ1n) is 12.0. The number of carbonyl (C=O) groups excluding carboxylic acids is 1. The number of hydrogen-bond donors (Lipinski definition) is 0. The van der Waals surface area contributed by atoms with E-state index < -0.39 is 0 Å². The Morgan fingerprint density at radius 3 is 2.29 bits per heavy atom. The van der Waals surface area contributed by atoms with E-state index in [-0.39, 0.29) is 17.5 Å². The maximum absolute atomic E-state index is 13.2. The fourth-order valence-corrected chi connectivity index (χ4v) is 4.52. The van der Waals surface area contributed by atoms with Gasteiger partial charge >= 0.3 is 0 Å². The van der Waals surface area contributed by atoms with Crippen LogP contribution in [0.1, 0.15) is 49.3 Å². The van der Waals surface area contributed by atoms with Gasteiger partial charge in [0.2, 0.25) is 5.91 Å². The fraction of sp³-hybridized carbons (Fsp3) is 0.379. The Morgan fingerprint density at radius 2 is 1.68 bits per heavy atom. The molecule has 0 spiro atoms. The number of benzene rings is 2. The fourth-order valence-electron chi connectivity index (χ4n) is 4.52. The van der Waals surface area contributed by atoms with Gasteiger partial charge in [-0.25, -0.2) is 0 Å².